The van der Waals surface area contributed by atoms with Crippen LogP contribution in [0.2, 0.25) is 0 Å². The molecule has 1 aliphatic rings. The maximum absolute atomic E-state index is 13.0. The van der Waals surface area contributed by atoms with Gasteiger partial charge in [-0.15, -0.1) is 0 Å². The first-order valence-corrected chi connectivity index (χ1v) is 8.55. The molecule has 1 unspecified atom stereocenters. The largest absolute Gasteiger partial charge is 0.397 e. The minimum Gasteiger partial charge on any atom is -0.397 e. The number of benzene rings is 1. The van der Waals surface area contributed by atoms with Gasteiger partial charge in [-0.1, -0.05) is 24.8 Å². The van der Waals surface area contributed by atoms with E-state index in [0.29, 0.717) is 37.0 Å². The fraction of sp³-hybridized carbons (Fsp3) is 0.350. The lowest BCUT2D eigenvalue weighted by molar-refractivity contribution is 0.153. The predicted octanol–water partition coefficient (Wildman–Crippen LogP) is 3.26. The molecule has 0 aromatic heterocycles. The Labute approximate surface area is 154 Å². The smallest absolute Gasteiger partial charge is 0.321 e. The van der Waals surface area contributed by atoms with Gasteiger partial charge in [0.1, 0.15) is 5.82 Å². The van der Waals surface area contributed by atoms with Crippen LogP contribution in [0.4, 0.5) is 9.18 Å². The lowest BCUT2D eigenvalue weighted by atomic mass is 10.1. The molecule has 1 saturated heterocycles. The third-order valence-electron chi connectivity index (χ3n) is 4.39. The number of carbonyl (C=O) groups is 1. The Kier molecular flexibility index (Phi) is 6.97. The van der Waals surface area contributed by atoms with E-state index in [9.17, 15) is 9.18 Å². The van der Waals surface area contributed by atoms with Crippen molar-refractivity contribution in [3.8, 4) is 0 Å². The number of methoxy groups -OCH3 is 1. The van der Waals surface area contributed by atoms with E-state index in [1.807, 2.05) is 13.0 Å². The van der Waals surface area contributed by atoms with Crippen molar-refractivity contribution in [3.05, 3.63) is 65.8 Å². The van der Waals surface area contributed by atoms with Gasteiger partial charge in [-0.05, 0) is 42.7 Å². The van der Waals surface area contributed by atoms with E-state index in [0.717, 1.165) is 17.6 Å². The summed E-state index contributed by atoms with van der Waals surface area (Å²) in [6.45, 7) is 7.74. The highest BCUT2D eigenvalue weighted by Gasteiger charge is 2.26. The van der Waals surface area contributed by atoms with Crippen molar-refractivity contribution in [1.29, 1.82) is 0 Å². The Balaban J connectivity index is 1.92. The van der Waals surface area contributed by atoms with Gasteiger partial charge in [-0.25, -0.2) is 9.18 Å². The van der Waals surface area contributed by atoms with Crippen molar-refractivity contribution < 1.29 is 13.9 Å². The zero-order chi connectivity index (χ0) is 19.1. The average molecular weight is 359 g/mol. The molecular weight excluding hydrogens is 333 g/mol. The highest BCUT2D eigenvalue weighted by molar-refractivity contribution is 5.77. The number of ether oxygens (including phenoxy) is 1. The minimum atomic E-state index is -0.276. The van der Waals surface area contributed by atoms with E-state index in [-0.39, 0.29) is 11.8 Å². The summed E-state index contributed by atoms with van der Waals surface area (Å²) in [7, 11) is 1.66. The predicted molar refractivity (Wildman–Crippen MR) is 102 cm³/mol. The standard InChI is InChI=1S/C20H26FN3O2/c1-14(17-5-7-18(21)8-6-17)4-9-19(22)15(2)23-20(25)24-11-10-16(12-24)13-26-3/h4-9,16H,2,10-13,22H2,1,3H3,(H,23,25)/b14-4+,19-9+. The summed E-state index contributed by atoms with van der Waals surface area (Å²) >= 11 is 0. The van der Waals surface area contributed by atoms with Crippen molar-refractivity contribution in [2.75, 3.05) is 26.8 Å². The zero-order valence-corrected chi connectivity index (χ0v) is 15.3. The Morgan fingerprint density at radius 2 is 2.12 bits per heavy atom. The Morgan fingerprint density at radius 3 is 2.77 bits per heavy atom. The molecule has 1 aromatic carbocycles. The molecule has 1 atom stereocenters. The van der Waals surface area contributed by atoms with E-state index in [1.54, 1.807) is 30.2 Å². The number of rotatable bonds is 6. The number of likely N-dealkylation sites (tertiary alicyclic amines) is 1. The van der Waals surface area contributed by atoms with Gasteiger partial charge in [0.25, 0.3) is 0 Å². The Hall–Kier alpha value is -2.60. The van der Waals surface area contributed by atoms with Crippen molar-refractivity contribution in [2.24, 2.45) is 11.7 Å². The van der Waals surface area contributed by atoms with Crippen LogP contribution in [0.15, 0.2) is 54.4 Å². The van der Waals surface area contributed by atoms with E-state index >= 15 is 0 Å². The number of carbonyl (C=O) groups excluding carboxylic acids is 1. The number of urea groups is 1. The van der Waals surface area contributed by atoms with Gasteiger partial charge in [0.05, 0.1) is 18.0 Å². The fourth-order valence-corrected chi connectivity index (χ4v) is 2.79. The van der Waals surface area contributed by atoms with Gasteiger partial charge in [0.2, 0.25) is 0 Å². The summed E-state index contributed by atoms with van der Waals surface area (Å²) in [6.07, 6.45) is 4.42. The molecule has 1 aliphatic heterocycles. The topological polar surface area (TPSA) is 67.6 Å². The molecule has 2 amide bonds. The van der Waals surface area contributed by atoms with Crippen LogP contribution in [0, 0.1) is 11.7 Å². The van der Waals surface area contributed by atoms with Gasteiger partial charge < -0.3 is 20.7 Å². The van der Waals surface area contributed by atoms with Crippen LogP contribution in [-0.2, 0) is 4.74 Å². The third kappa shape index (κ3) is 5.46. The number of nitrogens with one attached hydrogen (secondary N) is 1. The molecule has 26 heavy (non-hydrogen) atoms. The lowest BCUT2D eigenvalue weighted by Gasteiger charge is -2.18. The number of halogens is 1. The SMILES string of the molecule is C=C(NC(=O)N1CCC(COC)C1)/C(N)=C\C=C(/C)c1ccc(F)cc1. The van der Waals surface area contributed by atoms with Gasteiger partial charge >= 0.3 is 6.03 Å². The molecule has 1 aromatic rings. The zero-order valence-electron chi connectivity index (χ0n) is 15.3. The third-order valence-corrected chi connectivity index (χ3v) is 4.39. The molecule has 6 heteroatoms. The molecule has 5 nitrogen and oxygen atoms in total. The molecule has 140 valence electrons. The highest BCUT2D eigenvalue weighted by atomic mass is 19.1. The van der Waals surface area contributed by atoms with Crippen LogP contribution in [0.3, 0.4) is 0 Å². The maximum atomic E-state index is 13.0. The molecule has 0 bridgehead atoms. The molecule has 1 heterocycles. The van der Waals surface area contributed by atoms with Crippen molar-refractivity contribution in [2.45, 2.75) is 13.3 Å². The highest BCUT2D eigenvalue weighted by Crippen LogP contribution is 2.17. The minimum absolute atomic E-state index is 0.204. The van der Waals surface area contributed by atoms with Crippen molar-refractivity contribution in [3.63, 3.8) is 0 Å². The molecule has 0 saturated carbocycles. The quantitative estimate of drug-likeness (QED) is 0.766. The number of nitrogens with zero attached hydrogens (tertiary/aromatic N) is 1. The molecular formula is C20H26FN3O2. The van der Waals surface area contributed by atoms with Crippen LogP contribution in [0.5, 0.6) is 0 Å². The van der Waals surface area contributed by atoms with E-state index < -0.39 is 0 Å². The Morgan fingerprint density at radius 1 is 1.42 bits per heavy atom. The molecule has 0 aliphatic carbocycles. The summed E-state index contributed by atoms with van der Waals surface area (Å²) in [5.41, 5.74) is 8.54. The van der Waals surface area contributed by atoms with Crippen LogP contribution in [0.1, 0.15) is 18.9 Å². The van der Waals surface area contributed by atoms with Crippen molar-refractivity contribution in [1.82, 2.24) is 10.2 Å². The van der Waals surface area contributed by atoms with Crippen LogP contribution in [-0.4, -0.2) is 37.7 Å². The average Bonchev–Trinajstić information content (AvgIpc) is 3.09. The first kappa shape index (κ1) is 19.7. The molecule has 3 N–H and O–H groups in total. The van der Waals surface area contributed by atoms with E-state index in [4.69, 9.17) is 10.5 Å². The summed E-state index contributed by atoms with van der Waals surface area (Å²) in [4.78, 5) is 14.0. The lowest BCUT2D eigenvalue weighted by Crippen LogP contribution is -2.39. The molecule has 0 spiro atoms. The first-order valence-electron chi connectivity index (χ1n) is 8.55. The van der Waals surface area contributed by atoms with Crippen LogP contribution >= 0.6 is 0 Å². The van der Waals surface area contributed by atoms with Crippen LogP contribution < -0.4 is 11.1 Å². The summed E-state index contributed by atoms with van der Waals surface area (Å²) in [5.74, 6) is 0.0931. The van der Waals surface area contributed by atoms with Crippen molar-refractivity contribution >= 4 is 11.6 Å². The second kappa shape index (κ2) is 9.20. The second-order valence-corrected chi connectivity index (χ2v) is 6.44. The van der Waals surface area contributed by atoms with Gasteiger partial charge in [-0.3, -0.25) is 0 Å². The van der Waals surface area contributed by atoms with Gasteiger partial charge in [0, 0.05) is 26.1 Å². The molecule has 2 rings (SSSR count). The summed E-state index contributed by atoms with van der Waals surface area (Å²) < 4.78 is 18.1. The van der Waals surface area contributed by atoms with Gasteiger partial charge in [0.15, 0.2) is 0 Å². The maximum Gasteiger partial charge on any atom is 0.321 e. The van der Waals surface area contributed by atoms with Crippen LogP contribution in [0.25, 0.3) is 5.57 Å². The monoisotopic (exact) mass is 359 g/mol. The normalized spacial score (nSPS) is 18.1. The number of hydrogen-bond acceptors (Lipinski definition) is 3. The van der Waals surface area contributed by atoms with E-state index in [2.05, 4.69) is 11.9 Å². The summed E-state index contributed by atoms with van der Waals surface area (Å²) in [5, 5.41) is 2.73. The number of allylic oxidation sites excluding steroid dienone is 3. The molecule has 1 fully saturated rings. The number of nitrogens with two attached hydrogens (primary N) is 1. The Bertz CT molecular complexity index is 710. The second-order valence-electron chi connectivity index (χ2n) is 6.44. The summed E-state index contributed by atoms with van der Waals surface area (Å²) in [6, 6.07) is 6.01. The first-order chi connectivity index (χ1) is 12.4. The van der Waals surface area contributed by atoms with E-state index in [1.165, 1.54) is 12.1 Å². The molecule has 0 radical (unpaired) electrons. The number of amides is 2. The fourth-order valence-electron chi connectivity index (χ4n) is 2.79. The number of hydrogen-bond donors (Lipinski definition) is 2. The van der Waals surface area contributed by atoms with Gasteiger partial charge in [-0.2, -0.15) is 0 Å².